The van der Waals surface area contributed by atoms with Crippen LogP contribution in [-0.4, -0.2) is 21.4 Å². The molecule has 4 rings (SSSR count). The van der Waals surface area contributed by atoms with E-state index < -0.39 is 0 Å². The number of carbonyl (C=O) groups is 1. The van der Waals surface area contributed by atoms with Gasteiger partial charge in [-0.3, -0.25) is 9.48 Å². The Kier molecular flexibility index (Phi) is 5.07. The maximum atomic E-state index is 12.6. The summed E-state index contributed by atoms with van der Waals surface area (Å²) in [5.74, 6) is -0.303. The van der Waals surface area contributed by atoms with Crippen LogP contribution in [0.2, 0.25) is 10.0 Å². The molecule has 1 amide bonds. The molecule has 1 N–H and O–H groups in total. The number of aromatic nitrogens is 2. The molecular weight excluding hydrogens is 399 g/mol. The standard InChI is InChI=1S/C20H16Cl2N4O2/c1-26-18(20(27)23-15-5-3-2-4-14(15)22)10-16(24-26)17-11-19(28-25-17)12-6-8-13(21)9-7-12/h2-10,19H,11H2,1H3,(H,23,27). The van der Waals surface area contributed by atoms with Crippen LogP contribution in [0.25, 0.3) is 0 Å². The number of aryl methyl sites for hydroxylation is 1. The molecule has 1 aliphatic heterocycles. The number of hydrogen-bond donors (Lipinski definition) is 1. The lowest BCUT2D eigenvalue weighted by molar-refractivity contribution is 0.0857. The van der Waals surface area contributed by atoms with Gasteiger partial charge in [0, 0.05) is 18.5 Å². The summed E-state index contributed by atoms with van der Waals surface area (Å²) < 4.78 is 1.51. The van der Waals surface area contributed by atoms with E-state index in [1.165, 1.54) is 4.68 Å². The average Bonchev–Trinajstić information content (AvgIpc) is 3.31. The number of carbonyl (C=O) groups excluding carboxylic acids is 1. The molecule has 1 aromatic heterocycles. The van der Waals surface area contributed by atoms with Gasteiger partial charge in [0.15, 0.2) is 6.10 Å². The first-order valence-electron chi connectivity index (χ1n) is 8.59. The molecule has 28 heavy (non-hydrogen) atoms. The van der Waals surface area contributed by atoms with Crippen molar-refractivity contribution in [1.29, 1.82) is 0 Å². The SMILES string of the molecule is Cn1nc(C2=NOC(c3ccc(Cl)cc3)C2)cc1C(=O)Nc1ccccc1Cl. The molecule has 6 nitrogen and oxygen atoms in total. The molecule has 1 unspecified atom stereocenters. The van der Waals surface area contributed by atoms with Crippen LogP contribution in [0, 0.1) is 0 Å². The van der Waals surface area contributed by atoms with Gasteiger partial charge in [-0.25, -0.2) is 0 Å². The van der Waals surface area contributed by atoms with E-state index >= 15 is 0 Å². The Hall–Kier alpha value is -2.83. The predicted molar refractivity (Wildman–Crippen MR) is 109 cm³/mol. The number of rotatable bonds is 4. The lowest BCUT2D eigenvalue weighted by atomic mass is 10.0. The van der Waals surface area contributed by atoms with Crippen molar-refractivity contribution in [3.63, 3.8) is 0 Å². The molecule has 0 aliphatic carbocycles. The van der Waals surface area contributed by atoms with E-state index in [2.05, 4.69) is 15.6 Å². The van der Waals surface area contributed by atoms with Crippen molar-refractivity contribution < 1.29 is 9.63 Å². The van der Waals surface area contributed by atoms with Gasteiger partial charge in [-0.05, 0) is 35.9 Å². The molecular formula is C20H16Cl2N4O2. The van der Waals surface area contributed by atoms with Crippen LogP contribution < -0.4 is 5.32 Å². The zero-order chi connectivity index (χ0) is 19.7. The Morgan fingerprint density at radius 2 is 1.93 bits per heavy atom. The first-order chi connectivity index (χ1) is 13.5. The quantitative estimate of drug-likeness (QED) is 0.663. The third-order valence-corrected chi connectivity index (χ3v) is 5.02. The highest BCUT2D eigenvalue weighted by Gasteiger charge is 2.27. The molecule has 3 aromatic rings. The van der Waals surface area contributed by atoms with Gasteiger partial charge in [0.2, 0.25) is 0 Å². The Morgan fingerprint density at radius 3 is 2.68 bits per heavy atom. The fourth-order valence-corrected chi connectivity index (χ4v) is 3.26. The number of oxime groups is 1. The van der Waals surface area contributed by atoms with E-state index in [1.807, 2.05) is 24.3 Å². The normalized spacial score (nSPS) is 15.8. The van der Waals surface area contributed by atoms with Gasteiger partial charge in [-0.2, -0.15) is 5.10 Å². The number of benzene rings is 2. The molecule has 0 bridgehead atoms. The molecule has 142 valence electrons. The summed E-state index contributed by atoms with van der Waals surface area (Å²) >= 11 is 12.0. The Morgan fingerprint density at radius 1 is 1.18 bits per heavy atom. The second kappa shape index (κ2) is 7.66. The monoisotopic (exact) mass is 414 g/mol. The van der Waals surface area contributed by atoms with Crippen molar-refractivity contribution in [1.82, 2.24) is 9.78 Å². The van der Waals surface area contributed by atoms with Crippen molar-refractivity contribution in [3.05, 3.63) is 81.6 Å². The first-order valence-corrected chi connectivity index (χ1v) is 9.35. The maximum Gasteiger partial charge on any atom is 0.273 e. The topological polar surface area (TPSA) is 68.5 Å². The molecule has 8 heteroatoms. The largest absolute Gasteiger partial charge is 0.387 e. The molecule has 2 heterocycles. The average molecular weight is 415 g/mol. The van der Waals surface area contributed by atoms with Crippen LogP contribution in [-0.2, 0) is 11.9 Å². The first kappa shape index (κ1) is 18.5. The summed E-state index contributed by atoms with van der Waals surface area (Å²) in [5, 5.41) is 12.5. The molecule has 0 saturated carbocycles. The van der Waals surface area contributed by atoms with E-state index in [0.717, 1.165) is 5.56 Å². The van der Waals surface area contributed by atoms with Crippen LogP contribution in [0.1, 0.15) is 34.3 Å². The Bertz CT molecular complexity index is 1060. The molecule has 2 aromatic carbocycles. The second-order valence-electron chi connectivity index (χ2n) is 6.36. The summed E-state index contributed by atoms with van der Waals surface area (Å²) in [6.07, 6.45) is 0.360. The minimum absolute atomic E-state index is 0.199. The minimum Gasteiger partial charge on any atom is -0.387 e. The van der Waals surface area contributed by atoms with E-state index in [9.17, 15) is 4.79 Å². The predicted octanol–water partition coefficient (Wildman–Crippen LogP) is 4.84. The molecule has 1 atom stereocenters. The van der Waals surface area contributed by atoms with Crippen molar-refractivity contribution in [2.24, 2.45) is 12.2 Å². The van der Waals surface area contributed by atoms with Crippen molar-refractivity contribution in [3.8, 4) is 0 Å². The smallest absolute Gasteiger partial charge is 0.273 e. The highest BCUT2D eigenvalue weighted by atomic mass is 35.5. The lowest BCUT2D eigenvalue weighted by Crippen LogP contribution is -2.16. The summed E-state index contributed by atoms with van der Waals surface area (Å²) in [6.45, 7) is 0. The van der Waals surface area contributed by atoms with E-state index in [-0.39, 0.29) is 12.0 Å². The van der Waals surface area contributed by atoms with Gasteiger partial charge < -0.3 is 10.2 Å². The van der Waals surface area contributed by atoms with Crippen LogP contribution in [0.3, 0.4) is 0 Å². The summed E-state index contributed by atoms with van der Waals surface area (Å²) in [7, 11) is 1.71. The summed E-state index contributed by atoms with van der Waals surface area (Å²) in [5.41, 5.74) is 3.21. The van der Waals surface area contributed by atoms with Gasteiger partial charge in [0.05, 0.1) is 10.7 Å². The van der Waals surface area contributed by atoms with Crippen molar-refractivity contribution in [2.45, 2.75) is 12.5 Å². The number of para-hydroxylation sites is 1. The van der Waals surface area contributed by atoms with Crippen molar-refractivity contribution >= 4 is 40.5 Å². The van der Waals surface area contributed by atoms with E-state index in [4.69, 9.17) is 28.0 Å². The highest BCUT2D eigenvalue weighted by molar-refractivity contribution is 6.33. The third-order valence-electron chi connectivity index (χ3n) is 4.44. The number of nitrogens with one attached hydrogen (secondary N) is 1. The van der Waals surface area contributed by atoms with Crippen LogP contribution >= 0.6 is 23.2 Å². The maximum absolute atomic E-state index is 12.6. The van der Waals surface area contributed by atoms with Gasteiger partial charge in [0.25, 0.3) is 5.91 Å². The third kappa shape index (κ3) is 3.74. The number of halogens is 2. The van der Waals surface area contributed by atoms with Gasteiger partial charge in [-0.1, -0.05) is 52.6 Å². The molecule has 0 saturated heterocycles. The Balaban J connectivity index is 1.49. The number of amides is 1. The molecule has 0 fully saturated rings. The second-order valence-corrected chi connectivity index (χ2v) is 7.20. The van der Waals surface area contributed by atoms with Gasteiger partial charge >= 0.3 is 0 Å². The summed E-state index contributed by atoms with van der Waals surface area (Å²) in [4.78, 5) is 18.2. The Labute approximate surface area is 171 Å². The van der Waals surface area contributed by atoms with Crippen LogP contribution in [0.4, 0.5) is 5.69 Å². The van der Waals surface area contributed by atoms with Crippen molar-refractivity contribution in [2.75, 3.05) is 5.32 Å². The zero-order valence-corrected chi connectivity index (χ0v) is 16.4. The van der Waals surface area contributed by atoms with Gasteiger partial charge in [-0.15, -0.1) is 0 Å². The fraction of sp³-hybridized carbons (Fsp3) is 0.150. The van der Waals surface area contributed by atoms with Gasteiger partial charge in [0.1, 0.15) is 17.1 Å². The lowest BCUT2D eigenvalue weighted by Gasteiger charge is -2.07. The number of hydrogen-bond acceptors (Lipinski definition) is 4. The van der Waals surface area contributed by atoms with E-state index in [1.54, 1.807) is 37.4 Å². The number of anilines is 1. The van der Waals surface area contributed by atoms with Crippen LogP contribution in [0.5, 0.6) is 0 Å². The number of nitrogens with zero attached hydrogens (tertiary/aromatic N) is 3. The minimum atomic E-state index is -0.303. The zero-order valence-electron chi connectivity index (χ0n) is 14.9. The molecule has 0 radical (unpaired) electrons. The summed E-state index contributed by atoms with van der Waals surface area (Å²) in [6, 6.07) is 16.2. The molecule has 1 aliphatic rings. The fourth-order valence-electron chi connectivity index (χ4n) is 2.95. The van der Waals surface area contributed by atoms with Crippen LogP contribution in [0.15, 0.2) is 59.8 Å². The van der Waals surface area contributed by atoms with E-state index in [0.29, 0.717) is 39.3 Å². The highest BCUT2D eigenvalue weighted by Crippen LogP contribution is 2.30. The molecule has 0 spiro atoms.